The monoisotopic (exact) mass is 283 g/mol. The molecule has 0 fully saturated rings. The highest BCUT2D eigenvalue weighted by atomic mass is 32.1. The lowest BCUT2D eigenvalue weighted by Gasteiger charge is -2.04. The molecule has 0 aliphatic heterocycles. The fraction of sp³-hybridized carbons (Fsp3) is 0.133. The molecule has 3 aromatic rings. The smallest absolute Gasteiger partial charge is 0.267 e. The van der Waals surface area contributed by atoms with E-state index in [0.717, 1.165) is 4.88 Å². The van der Waals surface area contributed by atoms with Crippen LogP contribution in [0, 0.1) is 13.8 Å². The number of benzene rings is 1. The van der Waals surface area contributed by atoms with E-state index in [9.17, 15) is 4.79 Å². The molecule has 0 aliphatic carbocycles. The summed E-state index contributed by atoms with van der Waals surface area (Å²) < 4.78 is 1.34. The summed E-state index contributed by atoms with van der Waals surface area (Å²) in [5, 5.41) is 4.85. The van der Waals surface area contributed by atoms with Crippen LogP contribution in [-0.4, -0.2) is 15.9 Å². The molecular formula is C15H13N3OS. The van der Waals surface area contributed by atoms with Gasteiger partial charge in [-0.05, 0) is 38.1 Å². The summed E-state index contributed by atoms with van der Waals surface area (Å²) in [6, 6.07) is 11.3. The Morgan fingerprint density at radius 2 is 2.00 bits per heavy atom. The lowest BCUT2D eigenvalue weighted by Crippen LogP contribution is -2.20. The number of para-hydroxylation sites is 1. The molecule has 0 saturated heterocycles. The van der Waals surface area contributed by atoms with E-state index in [1.165, 1.54) is 9.55 Å². The average Bonchev–Trinajstić information content (AvgIpc) is 2.84. The number of rotatable bonds is 2. The second kappa shape index (κ2) is 5.02. The highest BCUT2D eigenvalue weighted by Gasteiger charge is 2.06. The minimum absolute atomic E-state index is 0.141. The van der Waals surface area contributed by atoms with E-state index in [2.05, 4.69) is 10.1 Å². The van der Waals surface area contributed by atoms with Gasteiger partial charge in [-0.2, -0.15) is 9.78 Å². The van der Waals surface area contributed by atoms with Crippen molar-refractivity contribution in [2.45, 2.75) is 13.8 Å². The lowest BCUT2D eigenvalue weighted by molar-refractivity contribution is 0.771. The van der Waals surface area contributed by atoms with Gasteiger partial charge in [-0.25, -0.2) is 4.98 Å². The zero-order valence-corrected chi connectivity index (χ0v) is 12.0. The molecule has 0 saturated carbocycles. The quantitative estimate of drug-likeness (QED) is 0.679. The highest BCUT2D eigenvalue weighted by molar-refractivity contribution is 7.13. The van der Waals surface area contributed by atoms with Crippen LogP contribution in [0.15, 0.2) is 46.3 Å². The molecule has 20 heavy (non-hydrogen) atoms. The Kier molecular flexibility index (Phi) is 3.20. The molecule has 0 radical (unpaired) electrons. The number of nitrogens with zero attached hydrogens (tertiary/aromatic N) is 3. The summed E-state index contributed by atoms with van der Waals surface area (Å²) in [6.45, 7) is 3.82. The third-order valence-electron chi connectivity index (χ3n) is 2.98. The van der Waals surface area contributed by atoms with Crippen LogP contribution in [0.1, 0.15) is 15.6 Å². The van der Waals surface area contributed by atoms with E-state index in [-0.39, 0.29) is 5.56 Å². The molecule has 0 bridgehead atoms. The van der Waals surface area contributed by atoms with Crippen LogP contribution in [0.4, 0.5) is 0 Å². The van der Waals surface area contributed by atoms with Gasteiger partial charge in [0, 0.05) is 9.75 Å². The number of hydrogen-bond acceptors (Lipinski definition) is 4. The molecule has 4 nitrogen and oxygen atoms in total. The Morgan fingerprint density at radius 3 is 2.75 bits per heavy atom. The molecule has 0 N–H and O–H groups in total. The van der Waals surface area contributed by atoms with E-state index >= 15 is 0 Å². The van der Waals surface area contributed by atoms with Crippen LogP contribution in [0.2, 0.25) is 0 Å². The average molecular weight is 283 g/mol. The van der Waals surface area contributed by atoms with Crippen molar-refractivity contribution in [3.63, 3.8) is 0 Å². The first-order valence-electron chi connectivity index (χ1n) is 6.24. The first-order chi connectivity index (χ1) is 9.65. The topological polar surface area (TPSA) is 47.2 Å². The Labute approximate surface area is 120 Å². The molecule has 3 rings (SSSR count). The summed E-state index contributed by atoms with van der Waals surface area (Å²) in [7, 11) is 0. The summed E-state index contributed by atoms with van der Waals surface area (Å²) in [4.78, 5) is 19.0. The van der Waals surface area contributed by atoms with Crippen molar-refractivity contribution in [1.82, 2.24) is 9.66 Å². The van der Waals surface area contributed by atoms with Crippen molar-refractivity contribution < 1.29 is 0 Å². The fourth-order valence-electron chi connectivity index (χ4n) is 2.01. The van der Waals surface area contributed by atoms with Gasteiger partial charge < -0.3 is 0 Å². The Balaban J connectivity index is 2.12. The van der Waals surface area contributed by atoms with Crippen LogP contribution < -0.4 is 5.56 Å². The molecule has 100 valence electrons. The maximum absolute atomic E-state index is 12.4. The molecule has 0 spiro atoms. The Hall–Kier alpha value is -2.27. The predicted molar refractivity (Wildman–Crippen MR) is 82.8 cm³/mol. The van der Waals surface area contributed by atoms with Crippen molar-refractivity contribution in [3.8, 4) is 0 Å². The van der Waals surface area contributed by atoms with Crippen LogP contribution >= 0.6 is 11.3 Å². The minimum atomic E-state index is -0.141. The van der Waals surface area contributed by atoms with Gasteiger partial charge in [0.2, 0.25) is 0 Å². The second-order valence-electron chi connectivity index (χ2n) is 4.49. The van der Waals surface area contributed by atoms with Crippen molar-refractivity contribution >= 4 is 28.5 Å². The lowest BCUT2D eigenvalue weighted by atomic mass is 10.2. The molecule has 5 heteroatoms. The van der Waals surface area contributed by atoms with Gasteiger partial charge in [0.15, 0.2) is 0 Å². The van der Waals surface area contributed by atoms with Gasteiger partial charge in [-0.3, -0.25) is 4.79 Å². The fourth-order valence-corrected chi connectivity index (χ4v) is 2.75. The van der Waals surface area contributed by atoms with E-state index in [0.29, 0.717) is 16.7 Å². The molecule has 0 unspecified atom stereocenters. The van der Waals surface area contributed by atoms with Crippen LogP contribution in [-0.2, 0) is 0 Å². The third-order valence-corrected chi connectivity index (χ3v) is 3.91. The van der Waals surface area contributed by atoms with Gasteiger partial charge in [0.1, 0.15) is 5.82 Å². The summed E-state index contributed by atoms with van der Waals surface area (Å²) in [6.07, 6.45) is 1.70. The number of fused-ring (bicyclic) bond motifs is 1. The summed E-state index contributed by atoms with van der Waals surface area (Å²) >= 11 is 1.64. The minimum Gasteiger partial charge on any atom is -0.267 e. The van der Waals surface area contributed by atoms with Crippen LogP contribution in [0.3, 0.4) is 0 Å². The molecular weight excluding hydrogens is 270 g/mol. The molecule has 0 amide bonds. The first-order valence-corrected chi connectivity index (χ1v) is 7.06. The summed E-state index contributed by atoms with van der Waals surface area (Å²) in [5.41, 5.74) is 0.561. The number of aromatic nitrogens is 2. The molecule has 2 aromatic heterocycles. The SMILES string of the molecule is Cc1ccc(/C=N/n2c(C)nc3ccccc3c2=O)s1. The zero-order chi connectivity index (χ0) is 14.1. The van der Waals surface area contributed by atoms with Crippen LogP contribution in [0.25, 0.3) is 10.9 Å². The second-order valence-corrected chi connectivity index (χ2v) is 5.81. The molecule has 1 aromatic carbocycles. The van der Waals surface area contributed by atoms with E-state index in [1.807, 2.05) is 37.3 Å². The Bertz CT molecular complexity index is 861. The highest BCUT2D eigenvalue weighted by Crippen LogP contribution is 2.13. The van der Waals surface area contributed by atoms with E-state index in [1.54, 1.807) is 30.5 Å². The largest absolute Gasteiger partial charge is 0.282 e. The zero-order valence-electron chi connectivity index (χ0n) is 11.2. The number of hydrogen-bond donors (Lipinski definition) is 0. The third kappa shape index (κ3) is 2.28. The number of thiophene rings is 1. The van der Waals surface area contributed by atoms with Gasteiger partial charge in [-0.15, -0.1) is 11.3 Å². The maximum Gasteiger partial charge on any atom is 0.282 e. The molecule has 2 heterocycles. The Morgan fingerprint density at radius 1 is 1.20 bits per heavy atom. The summed E-state index contributed by atoms with van der Waals surface area (Å²) in [5.74, 6) is 0.582. The standard InChI is InChI=1S/C15H13N3OS/c1-10-7-8-12(20-10)9-16-18-11(2)17-14-6-4-3-5-13(14)15(18)19/h3-9H,1-2H3/b16-9+. The first kappa shape index (κ1) is 12.7. The normalized spacial score (nSPS) is 11.5. The van der Waals surface area contributed by atoms with Crippen LogP contribution in [0.5, 0.6) is 0 Å². The van der Waals surface area contributed by atoms with Crippen molar-refractivity contribution in [3.05, 3.63) is 62.3 Å². The molecule has 0 aliphatic rings. The van der Waals surface area contributed by atoms with Gasteiger partial charge in [0.25, 0.3) is 5.56 Å². The maximum atomic E-state index is 12.4. The van der Waals surface area contributed by atoms with Gasteiger partial charge in [0.05, 0.1) is 17.1 Å². The van der Waals surface area contributed by atoms with Gasteiger partial charge in [-0.1, -0.05) is 12.1 Å². The van der Waals surface area contributed by atoms with Crippen molar-refractivity contribution in [2.75, 3.05) is 0 Å². The van der Waals surface area contributed by atoms with E-state index in [4.69, 9.17) is 0 Å². The van der Waals surface area contributed by atoms with Crippen molar-refractivity contribution in [1.29, 1.82) is 0 Å². The predicted octanol–water partition coefficient (Wildman–Crippen LogP) is 2.96. The van der Waals surface area contributed by atoms with Crippen molar-refractivity contribution in [2.24, 2.45) is 5.10 Å². The number of aryl methyl sites for hydroxylation is 2. The van der Waals surface area contributed by atoms with E-state index < -0.39 is 0 Å². The van der Waals surface area contributed by atoms with Gasteiger partial charge >= 0.3 is 0 Å². The molecule has 0 atom stereocenters.